The van der Waals surface area contributed by atoms with Gasteiger partial charge in [-0.2, -0.15) is 0 Å². The number of alkyl halides is 2. The van der Waals surface area contributed by atoms with Gasteiger partial charge in [0.15, 0.2) is 10.8 Å². The topological polar surface area (TPSA) is 104 Å². The molecule has 1 fully saturated rings. The largest absolute Gasteiger partial charge is 0.480 e. The van der Waals surface area contributed by atoms with Crippen LogP contribution < -0.4 is 5.32 Å². The molecule has 34 heavy (non-hydrogen) atoms. The van der Waals surface area contributed by atoms with Crippen LogP contribution in [0.25, 0.3) is 0 Å². The van der Waals surface area contributed by atoms with E-state index in [0.717, 1.165) is 9.37 Å². The number of hydrogen-bond donors (Lipinski definition) is 2. The summed E-state index contributed by atoms with van der Waals surface area (Å²) < 4.78 is 34.4. The Bertz CT molecular complexity index is 1140. The van der Waals surface area contributed by atoms with Crippen LogP contribution in [0.3, 0.4) is 0 Å². The van der Waals surface area contributed by atoms with E-state index in [1.165, 1.54) is 11.3 Å². The third kappa shape index (κ3) is 5.18. The molecule has 1 saturated heterocycles. The molecule has 2 aromatic rings. The summed E-state index contributed by atoms with van der Waals surface area (Å²) in [6.07, 6.45) is 0.804. The molecule has 4 rings (SSSR count). The number of aliphatic imine (C=N–C) groups is 1. The van der Waals surface area contributed by atoms with E-state index < -0.39 is 42.9 Å². The van der Waals surface area contributed by atoms with E-state index in [1.807, 2.05) is 0 Å². The zero-order valence-corrected chi connectivity index (χ0v) is 20.4. The van der Waals surface area contributed by atoms with Crippen molar-refractivity contribution in [1.82, 2.24) is 15.2 Å². The first kappa shape index (κ1) is 24.4. The second-order valence-corrected chi connectivity index (χ2v) is 9.64. The molecule has 0 saturated carbocycles. The summed E-state index contributed by atoms with van der Waals surface area (Å²) >= 11 is 4.71. The van der Waals surface area contributed by atoms with Crippen LogP contribution in [0.5, 0.6) is 0 Å². The molecule has 8 nitrogen and oxygen atoms in total. The van der Waals surface area contributed by atoms with Gasteiger partial charge in [0.1, 0.15) is 12.1 Å². The third-order valence-corrected chi connectivity index (χ3v) is 6.76. The van der Waals surface area contributed by atoms with Crippen LogP contribution in [0.4, 0.5) is 8.78 Å². The van der Waals surface area contributed by atoms with Gasteiger partial charge in [-0.05, 0) is 24.6 Å². The predicted octanol–water partition coefficient (Wildman–Crippen LogP) is 3.61. The molecule has 0 bridgehead atoms. The number of amidine groups is 1. The average molecular weight is 555 g/mol. The molecule has 0 radical (unpaired) electrons. The Balaban J connectivity index is 1.81. The maximum Gasteiger partial charge on any atom is 0.338 e. The predicted molar refractivity (Wildman–Crippen MR) is 125 cm³/mol. The lowest BCUT2D eigenvalue weighted by Crippen LogP contribution is -2.43. The molecule has 180 valence electrons. The van der Waals surface area contributed by atoms with Gasteiger partial charge in [0.2, 0.25) is 0 Å². The van der Waals surface area contributed by atoms with Crippen LogP contribution >= 0.6 is 27.3 Å². The Morgan fingerprint density at radius 2 is 2.09 bits per heavy atom. The van der Waals surface area contributed by atoms with Crippen LogP contribution in [-0.2, 0) is 14.3 Å². The number of rotatable bonds is 7. The number of benzene rings is 1. The second kappa shape index (κ2) is 9.88. The fraction of sp³-hybridized carbons (Fsp3) is 0.364. The summed E-state index contributed by atoms with van der Waals surface area (Å²) in [6, 6.07) is 5.02. The number of carboxylic acid groups (broad SMARTS) is 1. The molecule has 2 aliphatic heterocycles. The number of carboxylic acids is 1. The molecule has 0 aliphatic carbocycles. The molecule has 0 spiro atoms. The molecule has 12 heteroatoms. The SMILES string of the molecule is CCOC(=O)C1=C(CN2CC(F)(F)C[C@H]2C(=O)O)NC(c2nccs2)=N[C@H]1c1ccc(Br)cc1. The number of carbonyl (C=O) groups excluding carboxylic acids is 1. The normalized spacial score (nSPS) is 22.3. The number of nitrogens with one attached hydrogen (secondary N) is 1. The fourth-order valence-electron chi connectivity index (χ4n) is 4.00. The number of esters is 1. The fourth-order valence-corrected chi connectivity index (χ4v) is 4.85. The summed E-state index contributed by atoms with van der Waals surface area (Å²) in [5, 5.41) is 14.9. The minimum atomic E-state index is -3.15. The number of aromatic nitrogens is 1. The summed E-state index contributed by atoms with van der Waals surface area (Å²) in [5.74, 6) is -4.79. The van der Waals surface area contributed by atoms with Gasteiger partial charge in [0.25, 0.3) is 5.92 Å². The van der Waals surface area contributed by atoms with Crippen molar-refractivity contribution in [3.63, 3.8) is 0 Å². The van der Waals surface area contributed by atoms with Crippen molar-refractivity contribution in [2.45, 2.75) is 31.4 Å². The number of aliphatic carboxylic acids is 1. The Morgan fingerprint density at radius 3 is 2.71 bits per heavy atom. The lowest BCUT2D eigenvalue weighted by molar-refractivity contribution is -0.142. The molecular formula is C22H21BrF2N4O4S. The van der Waals surface area contributed by atoms with Crippen LogP contribution in [0, 0.1) is 0 Å². The first-order chi connectivity index (χ1) is 16.2. The highest BCUT2D eigenvalue weighted by molar-refractivity contribution is 9.10. The summed E-state index contributed by atoms with van der Waals surface area (Å²) in [5.41, 5.74) is 1.08. The molecule has 1 aromatic heterocycles. The lowest BCUT2D eigenvalue weighted by Gasteiger charge is -2.30. The maximum absolute atomic E-state index is 14.1. The van der Waals surface area contributed by atoms with Crippen molar-refractivity contribution < 1.29 is 28.2 Å². The first-order valence-electron chi connectivity index (χ1n) is 10.4. The number of ether oxygens (including phenoxy) is 1. The number of thiazole rings is 1. The molecule has 1 aromatic carbocycles. The minimum Gasteiger partial charge on any atom is -0.480 e. The quantitative estimate of drug-likeness (QED) is 0.504. The van der Waals surface area contributed by atoms with E-state index in [9.17, 15) is 23.5 Å². The number of nitrogens with zero attached hydrogens (tertiary/aromatic N) is 3. The van der Waals surface area contributed by atoms with Gasteiger partial charge < -0.3 is 15.2 Å². The van der Waals surface area contributed by atoms with E-state index in [2.05, 4.69) is 26.2 Å². The van der Waals surface area contributed by atoms with Crippen molar-refractivity contribution >= 4 is 45.0 Å². The molecule has 0 amide bonds. The van der Waals surface area contributed by atoms with Crippen LogP contribution in [-0.4, -0.2) is 64.4 Å². The van der Waals surface area contributed by atoms with Gasteiger partial charge in [0, 0.05) is 34.7 Å². The van der Waals surface area contributed by atoms with Crippen LogP contribution in [0.1, 0.15) is 30.0 Å². The van der Waals surface area contributed by atoms with E-state index in [1.54, 1.807) is 42.8 Å². The lowest BCUT2D eigenvalue weighted by atomic mass is 9.95. The van der Waals surface area contributed by atoms with Crippen molar-refractivity contribution in [3.8, 4) is 0 Å². The Hall–Kier alpha value is -2.70. The van der Waals surface area contributed by atoms with Gasteiger partial charge in [-0.3, -0.25) is 14.7 Å². The van der Waals surface area contributed by atoms with Gasteiger partial charge in [0.05, 0.1) is 18.7 Å². The molecule has 3 heterocycles. The molecule has 2 aliphatic rings. The third-order valence-electron chi connectivity index (χ3n) is 5.46. The van der Waals surface area contributed by atoms with Gasteiger partial charge in [-0.15, -0.1) is 11.3 Å². The van der Waals surface area contributed by atoms with Gasteiger partial charge >= 0.3 is 11.9 Å². The standard InChI is InChI=1S/C22H21BrF2N4O4S/c1-2-33-21(32)16-14(10-29-11-22(24,25)9-15(29)20(30)31)27-18(19-26-7-8-34-19)28-17(16)12-3-5-13(23)6-4-12/h3-8,15,17H,2,9-11H2,1H3,(H,27,28)(H,30,31)/t15-,17-/m0/s1. The number of halogens is 3. The average Bonchev–Trinajstić information content (AvgIpc) is 3.41. The van der Waals surface area contributed by atoms with E-state index in [0.29, 0.717) is 16.4 Å². The van der Waals surface area contributed by atoms with Crippen molar-refractivity contribution in [3.05, 3.63) is 62.2 Å². The Morgan fingerprint density at radius 1 is 1.35 bits per heavy atom. The smallest absolute Gasteiger partial charge is 0.338 e. The number of carbonyl (C=O) groups is 2. The monoisotopic (exact) mass is 554 g/mol. The maximum atomic E-state index is 14.1. The summed E-state index contributed by atoms with van der Waals surface area (Å²) in [7, 11) is 0. The number of likely N-dealkylation sites (tertiary alicyclic amines) is 1. The zero-order valence-electron chi connectivity index (χ0n) is 18.0. The summed E-state index contributed by atoms with van der Waals surface area (Å²) in [6.45, 7) is 0.802. The number of hydrogen-bond acceptors (Lipinski definition) is 8. The van der Waals surface area contributed by atoms with E-state index >= 15 is 0 Å². The highest BCUT2D eigenvalue weighted by Crippen LogP contribution is 2.36. The second-order valence-electron chi connectivity index (χ2n) is 7.83. The molecule has 0 unspecified atom stereocenters. The van der Waals surface area contributed by atoms with Gasteiger partial charge in [-0.25, -0.2) is 18.6 Å². The van der Waals surface area contributed by atoms with Crippen LogP contribution in [0.15, 0.2) is 56.6 Å². The Kier molecular flexibility index (Phi) is 7.10. The van der Waals surface area contributed by atoms with E-state index in [4.69, 9.17) is 9.73 Å². The molecular weight excluding hydrogens is 534 g/mol. The van der Waals surface area contributed by atoms with Crippen molar-refractivity contribution in [2.75, 3.05) is 19.7 Å². The Labute approximate surface area is 206 Å². The van der Waals surface area contributed by atoms with Crippen molar-refractivity contribution in [2.24, 2.45) is 4.99 Å². The minimum absolute atomic E-state index is 0.102. The van der Waals surface area contributed by atoms with Crippen molar-refractivity contribution in [1.29, 1.82) is 0 Å². The van der Waals surface area contributed by atoms with E-state index in [-0.39, 0.29) is 24.4 Å². The highest BCUT2D eigenvalue weighted by atomic mass is 79.9. The van der Waals surface area contributed by atoms with Crippen LogP contribution in [0.2, 0.25) is 0 Å². The first-order valence-corrected chi connectivity index (χ1v) is 12.1. The highest BCUT2D eigenvalue weighted by Gasteiger charge is 2.49. The summed E-state index contributed by atoms with van der Waals surface area (Å²) in [4.78, 5) is 34.9. The molecule has 2 atom stereocenters. The zero-order chi connectivity index (χ0) is 24.5. The molecule has 2 N–H and O–H groups in total. The van der Waals surface area contributed by atoms with Gasteiger partial charge in [-0.1, -0.05) is 28.1 Å².